The summed E-state index contributed by atoms with van der Waals surface area (Å²) in [6, 6.07) is 0. The van der Waals surface area contributed by atoms with Gasteiger partial charge in [-0.3, -0.25) is 0 Å². The number of hydrogen-bond donors (Lipinski definition) is 7. The standard InChI is InChI=1S/C5H15O10P3/c6-1-2-3(7)4(8)5(14-2)18(12,13,15-16)17(9,10)11/h2-8,12-13H,1,16H2,(H2,9,10,11)/t2-,3-,4-,5?/m1/s1. The van der Waals surface area contributed by atoms with Crippen LogP contribution in [0.1, 0.15) is 0 Å². The molecule has 13 heteroatoms. The molecule has 5 atom stereocenters. The first-order valence-corrected chi connectivity index (χ1v) is 9.49. The molecule has 0 aliphatic carbocycles. The number of ether oxygens (including phenoxy) is 1. The summed E-state index contributed by atoms with van der Waals surface area (Å²) >= 11 is 0. The number of hydrogen-bond acceptors (Lipinski definition) is 8. The molecule has 0 amide bonds. The van der Waals surface area contributed by atoms with Crippen molar-refractivity contribution in [1.82, 2.24) is 0 Å². The summed E-state index contributed by atoms with van der Waals surface area (Å²) in [7, 11) is -4.35. The molecule has 110 valence electrons. The fourth-order valence-corrected chi connectivity index (χ4v) is 6.44. The molecule has 0 bridgehead atoms. The van der Waals surface area contributed by atoms with Crippen molar-refractivity contribution in [3.63, 3.8) is 0 Å². The molecule has 1 heterocycles. The molecule has 0 aromatic rings. The fourth-order valence-electron chi connectivity index (χ4n) is 1.52. The van der Waals surface area contributed by atoms with Gasteiger partial charge in [0.25, 0.3) is 0 Å². The average Bonchev–Trinajstić information content (AvgIpc) is 2.55. The van der Waals surface area contributed by atoms with Gasteiger partial charge in [0.05, 0.1) is 0 Å². The first-order chi connectivity index (χ1) is 7.99. The van der Waals surface area contributed by atoms with Gasteiger partial charge in [0.15, 0.2) is 0 Å². The van der Waals surface area contributed by atoms with Gasteiger partial charge >= 0.3 is 103 Å². The summed E-state index contributed by atoms with van der Waals surface area (Å²) in [5, 5.41) is 27.8. The van der Waals surface area contributed by atoms with E-state index >= 15 is 0 Å². The van der Waals surface area contributed by atoms with Crippen LogP contribution in [0.5, 0.6) is 0 Å². The molecular weight excluding hydrogens is 313 g/mol. The predicted molar refractivity (Wildman–Crippen MR) is 62.0 cm³/mol. The van der Waals surface area contributed by atoms with Gasteiger partial charge in [0.2, 0.25) is 0 Å². The van der Waals surface area contributed by atoms with Crippen LogP contribution in [0.25, 0.3) is 0 Å². The summed E-state index contributed by atoms with van der Waals surface area (Å²) in [4.78, 5) is 37.7. The Kier molecular flexibility index (Phi) is 4.60. The maximum atomic E-state index is 11.2. The molecule has 10 nitrogen and oxygen atoms in total. The van der Waals surface area contributed by atoms with Gasteiger partial charge in [-0.25, -0.2) is 0 Å². The van der Waals surface area contributed by atoms with Gasteiger partial charge in [-0.15, -0.1) is 0 Å². The zero-order chi connectivity index (χ0) is 14.4. The zero-order valence-electron chi connectivity index (χ0n) is 8.84. The third kappa shape index (κ3) is 2.27. The van der Waals surface area contributed by atoms with Crippen molar-refractivity contribution < 1.29 is 48.5 Å². The van der Waals surface area contributed by atoms with Gasteiger partial charge in [-0.2, -0.15) is 0 Å². The number of aliphatic hydroxyl groups excluding tert-OH is 3. The first kappa shape index (κ1) is 16.8. The van der Waals surface area contributed by atoms with Crippen LogP contribution < -0.4 is 0 Å². The van der Waals surface area contributed by atoms with E-state index in [0.29, 0.717) is 0 Å². The minimum atomic E-state index is -6.26. The molecule has 7 N–H and O–H groups in total. The van der Waals surface area contributed by atoms with E-state index in [1.165, 1.54) is 9.47 Å². The Hall–Kier alpha value is 0.730. The molecular formula is C5H15O10P3. The topological polar surface area (TPSA) is 177 Å². The van der Waals surface area contributed by atoms with Gasteiger partial charge in [-0.1, -0.05) is 0 Å². The SMILES string of the molecule is O=P(O)(O)P(O)(O)(OP)C1O[C@H](CO)[C@@H](O)[C@H]1O. The van der Waals surface area contributed by atoms with Crippen LogP contribution in [0.4, 0.5) is 0 Å². The normalized spacial score (nSPS) is 36.3. The second-order valence-corrected chi connectivity index (χ2v) is 11.9. The molecule has 18 heavy (non-hydrogen) atoms. The number of rotatable bonds is 4. The van der Waals surface area contributed by atoms with Crippen molar-refractivity contribution in [2.75, 3.05) is 6.61 Å². The van der Waals surface area contributed by atoms with E-state index < -0.39 is 45.0 Å². The van der Waals surface area contributed by atoms with Gasteiger partial charge in [-0.05, 0) is 0 Å². The fraction of sp³-hybridized carbons (Fsp3) is 1.00. The van der Waals surface area contributed by atoms with Gasteiger partial charge in [0.1, 0.15) is 0 Å². The monoisotopic (exact) mass is 328 g/mol. The molecule has 0 aromatic carbocycles. The summed E-state index contributed by atoms with van der Waals surface area (Å²) < 4.78 is 20.0. The maximum absolute atomic E-state index is 11.2. The Morgan fingerprint density at radius 3 is 2.06 bits per heavy atom. The average molecular weight is 328 g/mol. The second-order valence-electron chi connectivity index (χ2n) is 3.81. The van der Waals surface area contributed by atoms with Crippen LogP contribution in [-0.2, 0) is 13.6 Å². The van der Waals surface area contributed by atoms with Crippen LogP contribution in [-0.4, -0.2) is 65.7 Å². The first-order valence-electron chi connectivity index (χ1n) is 4.57. The Morgan fingerprint density at radius 2 is 1.78 bits per heavy atom. The molecule has 0 radical (unpaired) electrons. The second kappa shape index (κ2) is 4.93. The van der Waals surface area contributed by atoms with Crippen LogP contribution in [0.2, 0.25) is 0 Å². The van der Waals surface area contributed by atoms with E-state index in [0.717, 1.165) is 0 Å². The third-order valence-corrected chi connectivity index (χ3v) is 11.0. The number of aliphatic hydroxyl groups is 3. The van der Waals surface area contributed by atoms with E-state index in [2.05, 4.69) is 4.31 Å². The van der Waals surface area contributed by atoms with Crippen molar-refractivity contribution >= 4 is 23.7 Å². The van der Waals surface area contributed by atoms with E-state index in [1.807, 2.05) is 0 Å². The van der Waals surface area contributed by atoms with Crippen LogP contribution in [0, 0.1) is 0 Å². The Bertz CT molecular complexity index is 367. The summed E-state index contributed by atoms with van der Waals surface area (Å²) in [5.74, 6) is -2.26. The Balaban J connectivity index is 3.24. The molecule has 2 unspecified atom stereocenters. The Morgan fingerprint density at radius 1 is 1.28 bits per heavy atom. The van der Waals surface area contributed by atoms with E-state index in [4.69, 9.17) is 19.6 Å². The zero-order valence-corrected chi connectivity index (χ0v) is 11.8. The van der Waals surface area contributed by atoms with Crippen LogP contribution in [0.3, 0.4) is 0 Å². The molecule has 1 rings (SSSR count). The van der Waals surface area contributed by atoms with Crippen molar-refractivity contribution in [1.29, 1.82) is 0 Å². The molecule has 1 aliphatic rings. The molecule has 1 fully saturated rings. The molecule has 0 aromatic heterocycles. The third-order valence-electron chi connectivity index (χ3n) is 2.65. The van der Waals surface area contributed by atoms with Crippen molar-refractivity contribution in [2.24, 2.45) is 0 Å². The van der Waals surface area contributed by atoms with Gasteiger partial charge < -0.3 is 0 Å². The van der Waals surface area contributed by atoms with E-state index in [9.17, 15) is 24.6 Å². The van der Waals surface area contributed by atoms with Crippen LogP contribution >= 0.6 is 23.7 Å². The summed E-state index contributed by atoms with van der Waals surface area (Å²) in [6.45, 7) is -7.05. The molecule has 0 saturated carbocycles. The van der Waals surface area contributed by atoms with E-state index in [1.54, 1.807) is 0 Å². The minimum absolute atomic E-state index is 0.792. The van der Waals surface area contributed by atoms with Crippen LogP contribution in [0.15, 0.2) is 0 Å². The Labute approximate surface area is 104 Å². The van der Waals surface area contributed by atoms with Crippen molar-refractivity contribution in [3.8, 4) is 0 Å². The summed E-state index contributed by atoms with van der Waals surface area (Å²) in [6.07, 6.45) is -5.20. The quantitative estimate of drug-likeness (QED) is 0.275. The van der Waals surface area contributed by atoms with Crippen molar-refractivity contribution in [3.05, 3.63) is 0 Å². The van der Waals surface area contributed by atoms with Gasteiger partial charge in [0, 0.05) is 0 Å². The van der Waals surface area contributed by atoms with Crippen molar-refractivity contribution in [2.45, 2.75) is 24.2 Å². The predicted octanol–water partition coefficient (Wildman–Crippen LogP) is -2.39. The molecule has 1 aliphatic heterocycles. The summed E-state index contributed by atoms with van der Waals surface area (Å²) in [5.41, 5.74) is 0. The van der Waals surface area contributed by atoms with E-state index in [-0.39, 0.29) is 0 Å². The molecule has 1 saturated heterocycles. The molecule has 0 spiro atoms.